The molecule has 59 heavy (non-hydrogen) atoms. The Labute approximate surface area is 354 Å². The largest absolute Gasteiger partial charge is 0.494 e. The van der Waals surface area contributed by atoms with Gasteiger partial charge < -0.3 is 39.6 Å². The van der Waals surface area contributed by atoms with Crippen LogP contribution in [0.2, 0.25) is 0 Å². The number of nitrogens with zero attached hydrogens (tertiary/aromatic N) is 4. The summed E-state index contributed by atoms with van der Waals surface area (Å²) >= 11 is 0. The van der Waals surface area contributed by atoms with Crippen molar-refractivity contribution in [3.63, 3.8) is 0 Å². The number of nitrogens with two attached hydrogens (primary N) is 1. The summed E-state index contributed by atoms with van der Waals surface area (Å²) in [6, 6.07) is 16.2. The number of carbonyl (C=O) groups excluding carboxylic acids is 1. The molecule has 3 N–H and O–H groups in total. The van der Waals surface area contributed by atoms with Crippen LogP contribution in [-0.2, 0) is 14.9 Å². The number of nitrogens with one attached hydrogen (secondary N) is 1. The Morgan fingerprint density at radius 3 is 1.63 bits per heavy atom. The minimum absolute atomic E-state index is 0.0601. The van der Waals surface area contributed by atoms with Gasteiger partial charge in [-0.15, -0.1) is 0 Å². The molecule has 0 radical (unpaired) electrons. The van der Waals surface area contributed by atoms with Crippen molar-refractivity contribution in [2.24, 2.45) is 0 Å². The Kier molecular flexibility index (Phi) is 20.9. The fraction of sp³-hybridized carbons (Fsp3) is 0.660. The van der Waals surface area contributed by atoms with E-state index < -0.39 is 17.1 Å². The smallest absolute Gasteiger partial charge is 0.407 e. The molecule has 1 amide bonds. The maximum Gasteiger partial charge on any atom is 0.407 e. The molecule has 1 aliphatic heterocycles. The van der Waals surface area contributed by atoms with E-state index in [1.54, 1.807) is 0 Å². The lowest BCUT2D eigenvalue weighted by atomic mass is 9.74. The third-order valence-corrected chi connectivity index (χ3v) is 10.6. The SMILES string of the molecule is CCCCCCCCCCOc1ccc(C(CNC(=O)OC(C)(C)C)(COc2nc(N)nc(N3CCOCC3)n2)c2ccc(OCCCCCCCCCC)cc2)cc1. The Hall–Kier alpha value is -4.32. The lowest BCUT2D eigenvalue weighted by molar-refractivity contribution is 0.0511. The van der Waals surface area contributed by atoms with Crippen LogP contribution in [0.25, 0.3) is 0 Å². The summed E-state index contributed by atoms with van der Waals surface area (Å²) in [7, 11) is 0. The second kappa shape index (κ2) is 26.0. The highest BCUT2D eigenvalue weighted by atomic mass is 16.6. The molecule has 12 heteroatoms. The first-order valence-corrected chi connectivity index (χ1v) is 22.5. The number of amides is 1. The second-order valence-corrected chi connectivity index (χ2v) is 16.8. The molecule has 0 aliphatic carbocycles. The molecule has 1 aromatic heterocycles. The predicted octanol–water partition coefficient (Wildman–Crippen LogP) is 10.2. The maximum atomic E-state index is 13.3. The first-order valence-electron chi connectivity index (χ1n) is 22.5. The average Bonchev–Trinajstić information content (AvgIpc) is 3.23. The quantitative estimate of drug-likeness (QED) is 0.0676. The number of carbonyl (C=O) groups is 1. The molecular formula is C47H74N6O6. The fourth-order valence-corrected chi connectivity index (χ4v) is 7.24. The molecule has 1 saturated heterocycles. The molecule has 3 aromatic rings. The molecule has 0 spiro atoms. The number of alkyl carbamates (subject to hydrolysis) is 1. The van der Waals surface area contributed by atoms with Gasteiger partial charge in [0.15, 0.2) is 0 Å². The summed E-state index contributed by atoms with van der Waals surface area (Å²) in [6.45, 7) is 14.0. The predicted molar refractivity (Wildman–Crippen MR) is 237 cm³/mol. The van der Waals surface area contributed by atoms with Crippen molar-refractivity contribution in [3.8, 4) is 17.5 Å². The molecule has 1 aliphatic rings. The van der Waals surface area contributed by atoms with E-state index >= 15 is 0 Å². The summed E-state index contributed by atoms with van der Waals surface area (Å²) in [6.07, 6.45) is 19.3. The molecule has 2 aromatic carbocycles. The highest BCUT2D eigenvalue weighted by Gasteiger charge is 2.37. The molecule has 328 valence electrons. The number of unbranched alkanes of at least 4 members (excludes halogenated alkanes) is 14. The minimum atomic E-state index is -0.927. The van der Waals surface area contributed by atoms with Crippen LogP contribution in [0.1, 0.15) is 148 Å². The normalized spacial score (nSPS) is 13.3. The number of aromatic nitrogens is 3. The van der Waals surface area contributed by atoms with Gasteiger partial charge in [-0.3, -0.25) is 0 Å². The number of ether oxygens (including phenoxy) is 5. The number of benzene rings is 2. The summed E-state index contributed by atoms with van der Waals surface area (Å²) in [5, 5.41) is 3.05. The van der Waals surface area contributed by atoms with Gasteiger partial charge in [0.2, 0.25) is 11.9 Å². The fourth-order valence-electron chi connectivity index (χ4n) is 7.24. The lowest BCUT2D eigenvalue weighted by Gasteiger charge is -2.35. The van der Waals surface area contributed by atoms with Crippen molar-refractivity contribution in [2.45, 2.75) is 148 Å². The number of hydrogen-bond acceptors (Lipinski definition) is 11. The third kappa shape index (κ3) is 17.4. The van der Waals surface area contributed by atoms with Crippen molar-refractivity contribution in [1.82, 2.24) is 20.3 Å². The zero-order valence-electron chi connectivity index (χ0n) is 36.9. The van der Waals surface area contributed by atoms with Crippen LogP contribution in [0.3, 0.4) is 0 Å². The van der Waals surface area contributed by atoms with Crippen molar-refractivity contribution < 1.29 is 28.5 Å². The van der Waals surface area contributed by atoms with E-state index in [0.717, 1.165) is 48.3 Å². The van der Waals surface area contributed by atoms with Crippen LogP contribution in [0, 0.1) is 0 Å². The number of nitrogen functional groups attached to an aromatic ring is 1. The van der Waals surface area contributed by atoms with Gasteiger partial charge >= 0.3 is 12.1 Å². The molecule has 1 fully saturated rings. The van der Waals surface area contributed by atoms with Crippen molar-refractivity contribution >= 4 is 18.0 Å². The summed E-state index contributed by atoms with van der Waals surface area (Å²) in [4.78, 5) is 28.7. The monoisotopic (exact) mass is 819 g/mol. The zero-order valence-corrected chi connectivity index (χ0v) is 36.9. The van der Waals surface area contributed by atoms with E-state index in [1.165, 1.54) is 77.0 Å². The van der Waals surface area contributed by atoms with E-state index in [0.29, 0.717) is 45.5 Å². The zero-order chi connectivity index (χ0) is 42.2. The molecule has 0 unspecified atom stereocenters. The van der Waals surface area contributed by atoms with E-state index in [-0.39, 0.29) is 25.1 Å². The van der Waals surface area contributed by atoms with Gasteiger partial charge in [0.1, 0.15) is 23.7 Å². The number of hydrogen-bond donors (Lipinski definition) is 2. The van der Waals surface area contributed by atoms with Crippen molar-refractivity contribution in [2.75, 3.05) is 63.3 Å². The van der Waals surface area contributed by atoms with E-state index in [1.807, 2.05) is 74.2 Å². The summed E-state index contributed by atoms with van der Waals surface area (Å²) in [5.74, 6) is 2.07. The molecular weight excluding hydrogens is 745 g/mol. The Morgan fingerprint density at radius 2 is 1.15 bits per heavy atom. The topological polar surface area (TPSA) is 143 Å². The van der Waals surface area contributed by atoms with Crippen LogP contribution < -0.4 is 30.2 Å². The number of morpholine rings is 1. The van der Waals surface area contributed by atoms with Crippen LogP contribution >= 0.6 is 0 Å². The average molecular weight is 819 g/mol. The van der Waals surface area contributed by atoms with Gasteiger partial charge in [-0.25, -0.2) is 4.79 Å². The third-order valence-electron chi connectivity index (χ3n) is 10.6. The van der Waals surface area contributed by atoms with Gasteiger partial charge in [-0.1, -0.05) is 128 Å². The van der Waals surface area contributed by atoms with Crippen LogP contribution in [-0.4, -0.2) is 79.3 Å². The van der Waals surface area contributed by atoms with E-state index in [2.05, 4.69) is 34.1 Å². The van der Waals surface area contributed by atoms with Gasteiger partial charge in [0, 0.05) is 19.6 Å². The summed E-state index contributed by atoms with van der Waals surface area (Å²) < 4.78 is 30.1. The first kappa shape index (κ1) is 47.4. The Morgan fingerprint density at radius 1 is 0.678 bits per heavy atom. The lowest BCUT2D eigenvalue weighted by Crippen LogP contribution is -2.47. The van der Waals surface area contributed by atoms with Crippen LogP contribution in [0.15, 0.2) is 48.5 Å². The van der Waals surface area contributed by atoms with E-state index in [9.17, 15) is 4.79 Å². The van der Waals surface area contributed by atoms with Gasteiger partial charge in [0.05, 0.1) is 31.8 Å². The Balaban J connectivity index is 1.56. The Bertz CT molecular complexity index is 1530. The van der Waals surface area contributed by atoms with Gasteiger partial charge in [0.25, 0.3) is 0 Å². The highest BCUT2D eigenvalue weighted by Crippen LogP contribution is 2.35. The van der Waals surface area contributed by atoms with Crippen molar-refractivity contribution in [1.29, 1.82) is 0 Å². The number of rotatable bonds is 28. The first-order chi connectivity index (χ1) is 28.6. The number of anilines is 2. The summed E-state index contributed by atoms with van der Waals surface area (Å²) in [5.41, 5.74) is 6.39. The minimum Gasteiger partial charge on any atom is -0.494 e. The molecule has 2 heterocycles. The van der Waals surface area contributed by atoms with Gasteiger partial charge in [-0.2, -0.15) is 15.0 Å². The molecule has 12 nitrogen and oxygen atoms in total. The standard InChI is InChI=1S/C47H74N6O6/c1-6-8-10-12-14-16-18-20-32-56-40-26-22-38(23-27-40)47(36-49-45(54)59-46(3,4)5,37-58-44-51-42(48)50-43(52-44)53-30-34-55-35-31-53)39-24-28-41(29-25-39)57-33-21-19-17-15-13-11-9-7-2/h22-29H,6-21,30-37H2,1-5H3,(H,49,54)(H2,48,50,51,52). The molecule has 4 rings (SSSR count). The van der Waals surface area contributed by atoms with E-state index in [4.69, 9.17) is 29.4 Å². The molecule has 0 atom stereocenters. The molecule has 0 bridgehead atoms. The maximum absolute atomic E-state index is 13.3. The van der Waals surface area contributed by atoms with Crippen LogP contribution in [0.5, 0.6) is 17.5 Å². The highest BCUT2D eigenvalue weighted by molar-refractivity contribution is 5.68. The van der Waals surface area contributed by atoms with Crippen molar-refractivity contribution in [3.05, 3.63) is 59.7 Å². The van der Waals surface area contributed by atoms with Crippen LogP contribution in [0.4, 0.5) is 16.7 Å². The second-order valence-electron chi connectivity index (χ2n) is 16.8. The van der Waals surface area contributed by atoms with Gasteiger partial charge in [-0.05, 0) is 69.0 Å². The molecule has 0 saturated carbocycles.